The zero-order valence-electron chi connectivity index (χ0n) is 13.3. The maximum atomic E-state index is 12.6. The van der Waals surface area contributed by atoms with E-state index in [1.807, 2.05) is 19.1 Å². The van der Waals surface area contributed by atoms with Gasteiger partial charge in [-0.25, -0.2) is 9.67 Å². The van der Waals surface area contributed by atoms with Crippen molar-refractivity contribution in [1.82, 2.24) is 24.6 Å². The topological polar surface area (TPSA) is 83.9 Å². The van der Waals surface area contributed by atoms with Crippen LogP contribution in [0.2, 0.25) is 0 Å². The maximum absolute atomic E-state index is 12.6. The Balaban J connectivity index is 1.45. The van der Waals surface area contributed by atoms with Crippen molar-refractivity contribution in [2.45, 2.75) is 13.5 Å². The Morgan fingerprint density at radius 2 is 2.17 bits per heavy atom. The van der Waals surface area contributed by atoms with Gasteiger partial charge in [0.15, 0.2) is 0 Å². The molecule has 3 aromatic heterocycles. The number of H-pyrrole nitrogens is 1. The van der Waals surface area contributed by atoms with E-state index in [-0.39, 0.29) is 17.4 Å². The van der Waals surface area contributed by atoms with Crippen molar-refractivity contribution in [1.29, 1.82) is 0 Å². The first kappa shape index (κ1) is 14.6. The predicted molar refractivity (Wildman–Crippen MR) is 88.7 cm³/mol. The Kier molecular flexibility index (Phi) is 3.41. The average Bonchev–Trinajstić information content (AvgIpc) is 2.97. The van der Waals surface area contributed by atoms with Crippen molar-refractivity contribution in [3.05, 3.63) is 58.3 Å². The van der Waals surface area contributed by atoms with Crippen LogP contribution in [-0.2, 0) is 6.54 Å². The molecular weight excluding hydrogens is 306 g/mol. The molecule has 1 fully saturated rings. The number of nitrogens with zero attached hydrogens (tertiary/aromatic N) is 4. The number of hydrogen-bond acceptors (Lipinski definition) is 4. The molecule has 1 aliphatic rings. The smallest absolute Gasteiger partial charge is 0.266 e. The van der Waals surface area contributed by atoms with Crippen molar-refractivity contribution in [3.8, 4) is 0 Å². The summed E-state index contributed by atoms with van der Waals surface area (Å²) < 4.78 is 1.48. The van der Waals surface area contributed by atoms with E-state index in [4.69, 9.17) is 0 Å². The monoisotopic (exact) mass is 323 g/mol. The minimum Gasteiger partial charge on any atom is -0.345 e. The number of carbonyl (C=O) groups excluding carboxylic acids is 1. The van der Waals surface area contributed by atoms with Gasteiger partial charge in [-0.3, -0.25) is 9.59 Å². The largest absolute Gasteiger partial charge is 0.345 e. The molecule has 0 aromatic carbocycles. The summed E-state index contributed by atoms with van der Waals surface area (Å²) in [6, 6.07) is 6.95. The Bertz CT molecular complexity index is 968. The molecule has 0 unspecified atom stereocenters. The molecule has 1 N–H and O–H groups in total. The van der Waals surface area contributed by atoms with Crippen molar-refractivity contribution in [3.63, 3.8) is 0 Å². The van der Waals surface area contributed by atoms with Gasteiger partial charge in [0, 0.05) is 42.9 Å². The first-order valence-corrected chi connectivity index (χ1v) is 7.88. The van der Waals surface area contributed by atoms with E-state index in [1.165, 1.54) is 10.7 Å². The average molecular weight is 323 g/mol. The summed E-state index contributed by atoms with van der Waals surface area (Å²) >= 11 is 0. The fourth-order valence-corrected chi connectivity index (χ4v) is 3.08. The van der Waals surface area contributed by atoms with Crippen molar-refractivity contribution >= 4 is 16.9 Å². The number of carbonyl (C=O) groups is 1. The second-order valence-electron chi connectivity index (χ2n) is 6.17. The maximum Gasteiger partial charge on any atom is 0.266 e. The highest BCUT2D eigenvalue weighted by Gasteiger charge is 2.32. The third kappa shape index (κ3) is 2.47. The number of pyridine rings is 1. The first-order valence-electron chi connectivity index (χ1n) is 7.88. The number of aromatic amines is 1. The van der Waals surface area contributed by atoms with Gasteiger partial charge in [-0.15, -0.1) is 0 Å². The SMILES string of the molecule is Cc1ccc(=O)n(CC2CN(C(=O)c3c[nH]c4ncccc34)C2)n1. The summed E-state index contributed by atoms with van der Waals surface area (Å²) in [5.41, 5.74) is 2.07. The molecule has 1 saturated heterocycles. The van der Waals surface area contributed by atoms with E-state index in [0.717, 1.165) is 11.1 Å². The number of aromatic nitrogens is 4. The summed E-state index contributed by atoms with van der Waals surface area (Å²) in [7, 11) is 0. The molecule has 7 heteroatoms. The summed E-state index contributed by atoms with van der Waals surface area (Å²) in [4.78, 5) is 33.4. The quantitative estimate of drug-likeness (QED) is 0.785. The van der Waals surface area contributed by atoms with Crippen LogP contribution >= 0.6 is 0 Å². The molecule has 7 nitrogen and oxygen atoms in total. The molecule has 0 bridgehead atoms. The van der Waals surface area contributed by atoms with Crippen LogP contribution in [0.4, 0.5) is 0 Å². The van der Waals surface area contributed by atoms with Gasteiger partial charge in [0.05, 0.1) is 17.8 Å². The summed E-state index contributed by atoms with van der Waals surface area (Å²) in [6.07, 6.45) is 3.40. The van der Waals surface area contributed by atoms with E-state index < -0.39 is 0 Å². The van der Waals surface area contributed by atoms with Gasteiger partial charge in [0.2, 0.25) is 0 Å². The Labute approximate surface area is 137 Å². The van der Waals surface area contributed by atoms with Crippen LogP contribution in [0.5, 0.6) is 0 Å². The fraction of sp³-hybridized carbons (Fsp3) is 0.294. The molecule has 1 amide bonds. The Morgan fingerprint density at radius 1 is 1.33 bits per heavy atom. The number of hydrogen-bond donors (Lipinski definition) is 1. The number of amides is 1. The van der Waals surface area contributed by atoms with Crippen LogP contribution in [0.1, 0.15) is 16.1 Å². The zero-order valence-corrected chi connectivity index (χ0v) is 13.3. The van der Waals surface area contributed by atoms with E-state index in [2.05, 4.69) is 15.1 Å². The summed E-state index contributed by atoms with van der Waals surface area (Å²) in [5, 5.41) is 5.08. The number of fused-ring (bicyclic) bond motifs is 1. The third-order valence-corrected chi connectivity index (χ3v) is 4.36. The molecule has 0 saturated carbocycles. The highest BCUT2D eigenvalue weighted by Crippen LogP contribution is 2.23. The van der Waals surface area contributed by atoms with E-state index in [9.17, 15) is 9.59 Å². The lowest BCUT2D eigenvalue weighted by Crippen LogP contribution is -2.52. The van der Waals surface area contributed by atoms with Crippen LogP contribution in [0.3, 0.4) is 0 Å². The van der Waals surface area contributed by atoms with Gasteiger partial charge in [0.25, 0.3) is 11.5 Å². The van der Waals surface area contributed by atoms with Crippen molar-refractivity contribution in [2.24, 2.45) is 5.92 Å². The van der Waals surface area contributed by atoms with E-state index >= 15 is 0 Å². The fourth-order valence-electron chi connectivity index (χ4n) is 3.08. The highest BCUT2D eigenvalue weighted by molar-refractivity contribution is 6.06. The molecule has 122 valence electrons. The lowest BCUT2D eigenvalue weighted by atomic mass is 9.99. The number of nitrogens with one attached hydrogen (secondary N) is 1. The Morgan fingerprint density at radius 3 is 3.00 bits per heavy atom. The Hall–Kier alpha value is -2.96. The normalized spacial score (nSPS) is 14.8. The predicted octanol–water partition coefficient (Wildman–Crippen LogP) is 1.20. The van der Waals surface area contributed by atoms with E-state index in [1.54, 1.807) is 23.4 Å². The lowest BCUT2D eigenvalue weighted by molar-refractivity contribution is 0.0460. The highest BCUT2D eigenvalue weighted by atomic mass is 16.2. The molecule has 4 heterocycles. The summed E-state index contributed by atoms with van der Waals surface area (Å²) in [6.45, 7) is 3.67. The molecule has 0 radical (unpaired) electrons. The summed E-state index contributed by atoms with van der Waals surface area (Å²) in [5.74, 6) is 0.249. The molecule has 0 atom stereocenters. The molecule has 4 rings (SSSR count). The van der Waals surface area contributed by atoms with Crippen LogP contribution < -0.4 is 5.56 Å². The van der Waals surface area contributed by atoms with Crippen molar-refractivity contribution in [2.75, 3.05) is 13.1 Å². The number of likely N-dealkylation sites (tertiary alicyclic amines) is 1. The van der Waals surface area contributed by atoms with Gasteiger partial charge in [-0.1, -0.05) is 0 Å². The second-order valence-corrected chi connectivity index (χ2v) is 6.17. The van der Waals surface area contributed by atoms with Crippen LogP contribution in [0.25, 0.3) is 11.0 Å². The third-order valence-electron chi connectivity index (χ3n) is 4.36. The van der Waals surface area contributed by atoms with Gasteiger partial charge in [-0.2, -0.15) is 5.10 Å². The lowest BCUT2D eigenvalue weighted by Gasteiger charge is -2.39. The molecular formula is C17H17N5O2. The van der Waals surface area contributed by atoms with Crippen LogP contribution in [-0.4, -0.2) is 43.6 Å². The van der Waals surface area contributed by atoms with Gasteiger partial charge >= 0.3 is 0 Å². The minimum atomic E-state index is -0.104. The zero-order chi connectivity index (χ0) is 16.7. The van der Waals surface area contributed by atoms with Gasteiger partial charge in [0.1, 0.15) is 5.65 Å². The number of rotatable bonds is 3. The van der Waals surface area contributed by atoms with Gasteiger partial charge in [-0.05, 0) is 25.1 Å². The second kappa shape index (κ2) is 5.59. The molecule has 24 heavy (non-hydrogen) atoms. The number of aryl methyl sites for hydroxylation is 1. The molecule has 1 aliphatic heterocycles. The minimum absolute atomic E-state index is 0.00458. The molecule has 3 aromatic rings. The van der Waals surface area contributed by atoms with E-state index in [0.29, 0.717) is 30.8 Å². The van der Waals surface area contributed by atoms with Crippen LogP contribution in [0, 0.1) is 12.8 Å². The first-order chi connectivity index (χ1) is 11.6. The van der Waals surface area contributed by atoms with Gasteiger partial charge < -0.3 is 9.88 Å². The molecule has 0 aliphatic carbocycles. The standard InChI is InChI=1S/C17H17N5O2/c1-11-4-5-15(23)22(20-11)10-12-8-21(9-12)17(24)14-7-19-16-13(14)3-2-6-18-16/h2-7,12H,8-10H2,1H3,(H,18,19). The molecule has 0 spiro atoms. The van der Waals surface area contributed by atoms with Crippen molar-refractivity contribution < 1.29 is 4.79 Å². The van der Waals surface area contributed by atoms with Crippen LogP contribution in [0.15, 0.2) is 41.5 Å².